The quantitative estimate of drug-likeness (QED) is 0.720. The Hall–Kier alpha value is -2.74. The van der Waals surface area contributed by atoms with Crippen LogP contribution in [0.3, 0.4) is 0 Å². The number of hydrogen-bond acceptors (Lipinski definition) is 5. The van der Waals surface area contributed by atoms with Crippen molar-refractivity contribution in [1.82, 2.24) is 20.2 Å². The molecule has 1 unspecified atom stereocenters. The molecule has 3 heterocycles. The van der Waals surface area contributed by atoms with Gasteiger partial charge < -0.3 is 15.5 Å². The molecule has 9 heteroatoms. The largest absolute Gasteiger partial charge is 0.351 e. The number of carbonyl (C=O) groups excluding carboxylic acids is 2. The van der Waals surface area contributed by atoms with Gasteiger partial charge in [-0.05, 0) is 25.3 Å². The van der Waals surface area contributed by atoms with Crippen molar-refractivity contribution >= 4 is 29.4 Å². The predicted octanol–water partition coefficient (Wildman–Crippen LogP) is 2.99. The maximum Gasteiger partial charge on any atom is 0.254 e. The average Bonchev–Trinajstić information content (AvgIpc) is 3.55. The number of rotatable bonds is 5. The molecule has 3 aliphatic rings. The Morgan fingerprint density at radius 1 is 1.41 bits per heavy atom. The van der Waals surface area contributed by atoms with Crippen LogP contribution in [0.15, 0.2) is 24.4 Å². The summed E-state index contributed by atoms with van der Waals surface area (Å²) in [4.78, 5) is 35.7. The molecule has 3 atom stereocenters. The second-order valence-electron chi connectivity index (χ2n) is 9.17. The van der Waals surface area contributed by atoms with E-state index >= 15 is 0 Å². The van der Waals surface area contributed by atoms with E-state index in [-0.39, 0.29) is 35.3 Å². The van der Waals surface area contributed by atoms with Crippen molar-refractivity contribution in [3.05, 3.63) is 52.1 Å². The number of nitrogens with zero attached hydrogens (tertiary/aromatic N) is 3. The molecule has 1 saturated carbocycles. The van der Waals surface area contributed by atoms with Crippen LogP contribution in [0.25, 0.3) is 0 Å². The molecule has 32 heavy (non-hydrogen) atoms. The Bertz CT molecular complexity index is 1110. The van der Waals surface area contributed by atoms with E-state index in [4.69, 9.17) is 11.6 Å². The van der Waals surface area contributed by atoms with Gasteiger partial charge in [0.15, 0.2) is 0 Å². The second-order valence-corrected chi connectivity index (χ2v) is 9.57. The van der Waals surface area contributed by atoms with E-state index < -0.39 is 11.2 Å². The molecule has 2 aliphatic heterocycles. The average molecular weight is 458 g/mol. The summed E-state index contributed by atoms with van der Waals surface area (Å²) in [6.45, 7) is 5.35. The van der Waals surface area contributed by atoms with Gasteiger partial charge in [-0.15, -0.1) is 0 Å². The topological polar surface area (TPSA) is 87.2 Å². The second kappa shape index (κ2) is 7.69. The van der Waals surface area contributed by atoms with Crippen LogP contribution in [-0.2, 0) is 10.2 Å². The maximum absolute atomic E-state index is 14.9. The van der Waals surface area contributed by atoms with Crippen molar-refractivity contribution < 1.29 is 14.0 Å². The van der Waals surface area contributed by atoms with E-state index in [0.717, 1.165) is 12.8 Å². The van der Waals surface area contributed by atoms with Crippen LogP contribution in [0.5, 0.6) is 0 Å². The Morgan fingerprint density at radius 3 is 2.91 bits per heavy atom. The fourth-order valence-electron chi connectivity index (χ4n) is 4.80. The summed E-state index contributed by atoms with van der Waals surface area (Å²) in [5.41, 5.74) is 0.232. The first kappa shape index (κ1) is 21.1. The number of fused-ring (bicyclic) bond motifs is 1. The third-order valence-corrected chi connectivity index (χ3v) is 7.29. The van der Waals surface area contributed by atoms with Crippen molar-refractivity contribution in [2.75, 3.05) is 25.0 Å². The van der Waals surface area contributed by atoms with Gasteiger partial charge in [-0.25, -0.2) is 14.4 Å². The molecule has 1 aliphatic carbocycles. The van der Waals surface area contributed by atoms with E-state index in [1.807, 2.05) is 11.8 Å². The summed E-state index contributed by atoms with van der Waals surface area (Å²) in [6, 6.07) is 4.88. The summed E-state index contributed by atoms with van der Waals surface area (Å²) < 4.78 is 14.9. The third kappa shape index (κ3) is 3.41. The molecule has 1 saturated heterocycles. The number of hydrogen-bond donors (Lipinski definition) is 2. The third-order valence-electron chi connectivity index (χ3n) is 7.00. The van der Waals surface area contributed by atoms with Gasteiger partial charge in [0.2, 0.25) is 11.9 Å². The lowest BCUT2D eigenvalue weighted by Gasteiger charge is -2.40. The molecule has 7 nitrogen and oxygen atoms in total. The molecule has 0 radical (unpaired) electrons. The highest BCUT2D eigenvalue weighted by atomic mass is 35.5. The van der Waals surface area contributed by atoms with Gasteiger partial charge in [0.25, 0.3) is 5.91 Å². The molecule has 0 bridgehead atoms. The standard InChI is InChI=1S/C23H25ClFN5O2/c1-3-12-7-14(12)21(32)30-9-13(10-30)28-22-26-8-15-19(29-22)23(2,11-27-20(15)31)16-5-4-6-17(24)18(16)25/h4-6,8,12-14H,3,7,9-11H2,1-2H3,(H,27,31)(H,26,28,29)/t12-,14+,23?/m0/s1. The zero-order valence-electron chi connectivity index (χ0n) is 18.0. The van der Waals surface area contributed by atoms with Gasteiger partial charge in [-0.3, -0.25) is 9.59 Å². The zero-order valence-corrected chi connectivity index (χ0v) is 18.7. The first-order valence-electron chi connectivity index (χ1n) is 11.0. The maximum atomic E-state index is 14.9. The fraction of sp³-hybridized carbons (Fsp3) is 0.478. The van der Waals surface area contributed by atoms with Gasteiger partial charge >= 0.3 is 0 Å². The molecular weight excluding hydrogens is 433 g/mol. The lowest BCUT2D eigenvalue weighted by atomic mass is 9.75. The number of benzene rings is 1. The van der Waals surface area contributed by atoms with E-state index in [1.54, 1.807) is 12.1 Å². The zero-order chi connectivity index (χ0) is 22.6. The fourth-order valence-corrected chi connectivity index (χ4v) is 4.97. The molecule has 1 aromatic carbocycles. The Morgan fingerprint density at radius 2 is 2.19 bits per heavy atom. The molecule has 0 spiro atoms. The van der Waals surface area contributed by atoms with Crippen molar-refractivity contribution in [3.63, 3.8) is 0 Å². The van der Waals surface area contributed by atoms with Gasteiger partial charge in [0, 0.05) is 37.3 Å². The number of carbonyl (C=O) groups is 2. The van der Waals surface area contributed by atoms with E-state index in [2.05, 4.69) is 27.5 Å². The Kier molecular flexibility index (Phi) is 5.08. The number of nitrogens with one attached hydrogen (secondary N) is 2. The highest BCUT2D eigenvalue weighted by Gasteiger charge is 2.46. The predicted molar refractivity (Wildman–Crippen MR) is 118 cm³/mol. The minimum absolute atomic E-state index is 0.0229. The molecule has 5 rings (SSSR count). The van der Waals surface area contributed by atoms with Gasteiger partial charge in [-0.1, -0.05) is 37.1 Å². The van der Waals surface area contributed by atoms with Crippen LogP contribution < -0.4 is 10.6 Å². The number of likely N-dealkylation sites (tertiary alicyclic amines) is 1. The van der Waals surface area contributed by atoms with Crippen LogP contribution >= 0.6 is 11.6 Å². The van der Waals surface area contributed by atoms with Crippen LogP contribution in [0.2, 0.25) is 5.02 Å². The number of aromatic nitrogens is 2. The van der Waals surface area contributed by atoms with Crippen LogP contribution in [0.1, 0.15) is 48.3 Å². The lowest BCUT2D eigenvalue weighted by Crippen LogP contribution is -2.57. The van der Waals surface area contributed by atoms with E-state index in [9.17, 15) is 14.0 Å². The highest BCUT2D eigenvalue weighted by Crippen LogP contribution is 2.43. The molecule has 2 aromatic rings. The summed E-state index contributed by atoms with van der Waals surface area (Å²) >= 11 is 6.02. The number of halogens is 2. The van der Waals surface area contributed by atoms with Crippen molar-refractivity contribution in [1.29, 1.82) is 0 Å². The minimum Gasteiger partial charge on any atom is -0.351 e. The van der Waals surface area contributed by atoms with Crippen LogP contribution in [0.4, 0.5) is 10.3 Å². The van der Waals surface area contributed by atoms with Crippen molar-refractivity contribution in [2.45, 2.75) is 38.1 Å². The molecule has 168 valence electrons. The Labute approximate surface area is 190 Å². The molecule has 2 fully saturated rings. The van der Waals surface area contributed by atoms with Crippen molar-refractivity contribution in [2.24, 2.45) is 11.8 Å². The van der Waals surface area contributed by atoms with E-state index in [1.165, 1.54) is 12.3 Å². The first-order chi connectivity index (χ1) is 15.3. The monoisotopic (exact) mass is 457 g/mol. The first-order valence-corrected chi connectivity index (χ1v) is 11.3. The van der Waals surface area contributed by atoms with Gasteiger partial charge in [0.05, 0.1) is 27.7 Å². The lowest BCUT2D eigenvalue weighted by molar-refractivity contribution is -0.136. The summed E-state index contributed by atoms with van der Waals surface area (Å²) in [5.74, 6) is 0.512. The molecule has 1 aromatic heterocycles. The smallest absolute Gasteiger partial charge is 0.254 e. The minimum atomic E-state index is -0.902. The molecule has 2 amide bonds. The SMILES string of the molecule is CC[C@H]1C[C@H]1C(=O)N1CC(Nc2ncc3c(n2)C(C)(c2cccc(Cl)c2F)CNC3=O)C1. The van der Waals surface area contributed by atoms with Gasteiger partial charge in [0.1, 0.15) is 5.82 Å². The molecular formula is C23H25ClFN5O2. The summed E-state index contributed by atoms with van der Waals surface area (Å²) in [5, 5.41) is 6.09. The normalized spacial score (nSPS) is 26.8. The van der Waals surface area contributed by atoms with Gasteiger partial charge in [-0.2, -0.15) is 0 Å². The number of anilines is 1. The van der Waals surface area contributed by atoms with E-state index in [0.29, 0.717) is 41.8 Å². The summed E-state index contributed by atoms with van der Waals surface area (Å²) in [7, 11) is 0. The molecule has 2 N–H and O–H groups in total. The number of amides is 2. The summed E-state index contributed by atoms with van der Waals surface area (Å²) in [6.07, 6.45) is 3.52. The Balaban J connectivity index is 1.36. The van der Waals surface area contributed by atoms with Crippen LogP contribution in [0, 0.1) is 17.7 Å². The van der Waals surface area contributed by atoms with Crippen molar-refractivity contribution in [3.8, 4) is 0 Å². The van der Waals surface area contributed by atoms with Crippen LogP contribution in [-0.4, -0.2) is 52.4 Å². The highest BCUT2D eigenvalue weighted by molar-refractivity contribution is 6.30.